The highest BCUT2D eigenvalue weighted by Crippen LogP contribution is 2.44. The Morgan fingerprint density at radius 3 is 2.51 bits per heavy atom. The van der Waals surface area contributed by atoms with Crippen molar-refractivity contribution in [2.24, 2.45) is 0 Å². The van der Waals surface area contributed by atoms with Crippen LogP contribution in [0, 0.1) is 15.9 Å². The molecule has 1 aliphatic heterocycles. The van der Waals surface area contributed by atoms with Gasteiger partial charge in [0.25, 0.3) is 11.5 Å². The van der Waals surface area contributed by atoms with E-state index in [1.165, 1.54) is 48.2 Å². The summed E-state index contributed by atoms with van der Waals surface area (Å²) in [6, 6.07) is 16.2. The zero-order valence-corrected chi connectivity index (χ0v) is 22.0. The van der Waals surface area contributed by atoms with Crippen molar-refractivity contribution in [3.8, 4) is 0 Å². The fraction of sp³-hybridized carbons (Fsp3) is 0.0769. The number of rotatable bonds is 7. The van der Waals surface area contributed by atoms with Crippen molar-refractivity contribution in [1.29, 1.82) is 0 Å². The summed E-state index contributed by atoms with van der Waals surface area (Å²) in [5.74, 6) is -2.56. The predicted molar refractivity (Wildman–Crippen MR) is 145 cm³/mol. The maximum atomic E-state index is 13.5. The largest absolute Gasteiger partial charge is 0.507 e. The van der Waals surface area contributed by atoms with Gasteiger partial charge >= 0.3 is 5.91 Å². The summed E-state index contributed by atoms with van der Waals surface area (Å²) < 4.78 is 14.0. The zero-order chi connectivity index (χ0) is 27.7. The molecule has 1 amide bonds. The Morgan fingerprint density at radius 1 is 1.10 bits per heavy atom. The number of Topliss-reactive ketones (excluding diaryl/α,β-unsaturated/α-hetero) is 1. The van der Waals surface area contributed by atoms with Gasteiger partial charge in [0, 0.05) is 28.5 Å². The first-order chi connectivity index (χ1) is 18.7. The van der Waals surface area contributed by atoms with Crippen LogP contribution >= 0.6 is 34.7 Å². The molecule has 4 aromatic rings. The summed E-state index contributed by atoms with van der Waals surface area (Å²) in [7, 11) is 0. The molecular formula is C26H16ClFN4O5S2. The Kier molecular flexibility index (Phi) is 7.42. The lowest BCUT2D eigenvalue weighted by atomic mass is 9.95. The topological polar surface area (TPSA) is 127 Å². The Labute approximate surface area is 233 Å². The highest BCUT2D eigenvalue weighted by atomic mass is 35.5. The summed E-state index contributed by atoms with van der Waals surface area (Å²) >= 11 is 8.36. The lowest BCUT2D eigenvalue weighted by Gasteiger charge is -2.22. The number of benzene rings is 3. The van der Waals surface area contributed by atoms with Crippen LogP contribution in [0.5, 0.6) is 0 Å². The van der Waals surface area contributed by atoms with Gasteiger partial charge in [-0.25, -0.2) is 4.39 Å². The molecule has 13 heteroatoms. The number of hydrogen-bond acceptors (Lipinski definition) is 9. The Hall–Kier alpha value is -4.13. The molecule has 1 atom stereocenters. The Balaban J connectivity index is 1.56. The van der Waals surface area contributed by atoms with E-state index in [1.807, 2.05) is 12.1 Å². The van der Waals surface area contributed by atoms with Crippen molar-refractivity contribution in [2.75, 3.05) is 4.90 Å². The molecule has 1 aromatic heterocycles. The fourth-order valence-electron chi connectivity index (χ4n) is 4.00. The number of aliphatic hydroxyl groups is 1. The number of amides is 1. The van der Waals surface area contributed by atoms with Crippen LogP contribution in [0.4, 0.5) is 15.2 Å². The first-order valence-corrected chi connectivity index (χ1v) is 13.4. The summed E-state index contributed by atoms with van der Waals surface area (Å²) in [6.07, 6.45) is 0. The number of aliphatic hydroxyl groups excluding tert-OH is 1. The van der Waals surface area contributed by atoms with Crippen molar-refractivity contribution >= 4 is 63.0 Å². The van der Waals surface area contributed by atoms with Crippen molar-refractivity contribution in [3.05, 3.63) is 116 Å². The second-order valence-corrected chi connectivity index (χ2v) is 10.9. The third kappa shape index (κ3) is 5.39. The fourth-order valence-corrected chi connectivity index (χ4v) is 5.95. The van der Waals surface area contributed by atoms with E-state index in [0.29, 0.717) is 15.1 Å². The van der Waals surface area contributed by atoms with E-state index in [-0.39, 0.29) is 27.5 Å². The molecule has 9 nitrogen and oxygen atoms in total. The van der Waals surface area contributed by atoms with Crippen LogP contribution in [0.25, 0.3) is 5.76 Å². The first kappa shape index (κ1) is 26.5. The highest BCUT2D eigenvalue weighted by Gasteiger charge is 2.48. The van der Waals surface area contributed by atoms with Gasteiger partial charge in [-0.05, 0) is 47.5 Å². The van der Waals surface area contributed by atoms with Crippen LogP contribution in [0.2, 0.25) is 5.02 Å². The average molecular weight is 583 g/mol. The van der Waals surface area contributed by atoms with E-state index in [4.69, 9.17) is 11.6 Å². The molecule has 1 saturated heterocycles. The number of nitrogens with zero attached hydrogens (tertiary/aromatic N) is 4. The SMILES string of the molecule is O=C1C(=O)N(c2nnc(SCc3ccc(Cl)cc3)s2)C(c2cccc([N+](=O)[O-])c2)/C1=C(/O)c1ccc(F)cc1. The minimum absolute atomic E-state index is 0.0744. The second kappa shape index (κ2) is 10.9. The van der Waals surface area contributed by atoms with Gasteiger partial charge in [-0.1, -0.05) is 59.0 Å². The molecule has 0 saturated carbocycles. The van der Waals surface area contributed by atoms with E-state index in [9.17, 15) is 29.2 Å². The lowest BCUT2D eigenvalue weighted by Crippen LogP contribution is -2.29. The van der Waals surface area contributed by atoms with Gasteiger partial charge < -0.3 is 5.11 Å². The van der Waals surface area contributed by atoms with Crippen molar-refractivity contribution in [1.82, 2.24) is 10.2 Å². The summed E-state index contributed by atoms with van der Waals surface area (Å²) in [4.78, 5) is 38.5. The lowest BCUT2D eigenvalue weighted by molar-refractivity contribution is -0.384. The van der Waals surface area contributed by atoms with Gasteiger partial charge in [-0.2, -0.15) is 0 Å². The molecule has 0 aliphatic carbocycles. The third-order valence-corrected chi connectivity index (χ3v) is 8.22. The molecule has 3 aromatic carbocycles. The van der Waals surface area contributed by atoms with Gasteiger partial charge in [-0.15, -0.1) is 10.2 Å². The number of aromatic nitrogens is 2. The molecule has 1 N–H and O–H groups in total. The monoisotopic (exact) mass is 582 g/mol. The number of carbonyl (C=O) groups excluding carboxylic acids is 2. The predicted octanol–water partition coefficient (Wildman–Crippen LogP) is 6.16. The van der Waals surface area contributed by atoms with Gasteiger partial charge in [0.2, 0.25) is 5.13 Å². The number of non-ortho nitro benzene ring substituents is 1. The van der Waals surface area contributed by atoms with Gasteiger partial charge in [-0.3, -0.25) is 24.6 Å². The van der Waals surface area contributed by atoms with E-state index in [2.05, 4.69) is 10.2 Å². The molecule has 39 heavy (non-hydrogen) atoms. The maximum Gasteiger partial charge on any atom is 0.301 e. The number of hydrogen-bond donors (Lipinski definition) is 1. The number of anilines is 1. The smallest absolute Gasteiger partial charge is 0.301 e. The summed E-state index contributed by atoms with van der Waals surface area (Å²) in [6.45, 7) is 0. The number of halogens is 2. The first-order valence-electron chi connectivity index (χ1n) is 11.2. The van der Waals surface area contributed by atoms with E-state index in [1.54, 1.807) is 12.1 Å². The highest BCUT2D eigenvalue weighted by molar-refractivity contribution is 8.00. The van der Waals surface area contributed by atoms with Crippen molar-refractivity contribution in [2.45, 2.75) is 16.1 Å². The van der Waals surface area contributed by atoms with Crippen LogP contribution in [-0.4, -0.2) is 31.9 Å². The molecule has 5 rings (SSSR count). The van der Waals surface area contributed by atoms with Crippen LogP contribution in [0.1, 0.15) is 22.7 Å². The minimum atomic E-state index is -1.24. The van der Waals surface area contributed by atoms with Crippen LogP contribution in [-0.2, 0) is 15.3 Å². The molecule has 196 valence electrons. The molecule has 1 aliphatic rings. The quantitative estimate of drug-likeness (QED) is 0.0522. The van der Waals surface area contributed by atoms with Gasteiger partial charge in [0.05, 0.1) is 16.5 Å². The maximum absolute atomic E-state index is 13.5. The molecule has 0 spiro atoms. The van der Waals surface area contributed by atoms with Gasteiger partial charge in [0.15, 0.2) is 4.34 Å². The molecular weight excluding hydrogens is 567 g/mol. The van der Waals surface area contributed by atoms with Crippen molar-refractivity contribution < 1.29 is 24.0 Å². The molecule has 1 unspecified atom stereocenters. The van der Waals surface area contributed by atoms with E-state index < -0.39 is 34.2 Å². The Morgan fingerprint density at radius 2 is 1.82 bits per heavy atom. The number of thioether (sulfide) groups is 1. The van der Waals surface area contributed by atoms with E-state index >= 15 is 0 Å². The summed E-state index contributed by atoms with van der Waals surface area (Å²) in [5, 5.41) is 31.5. The number of nitro benzene ring substituents is 1. The number of ketones is 1. The van der Waals surface area contributed by atoms with Crippen molar-refractivity contribution in [3.63, 3.8) is 0 Å². The number of carbonyl (C=O) groups is 2. The van der Waals surface area contributed by atoms with Gasteiger partial charge in [0.1, 0.15) is 11.6 Å². The van der Waals surface area contributed by atoms with Crippen LogP contribution < -0.4 is 4.90 Å². The minimum Gasteiger partial charge on any atom is -0.507 e. The standard InChI is InChI=1S/C26H16ClFN4O5S2/c27-17-8-4-14(5-9-17)13-38-26-30-29-25(39-26)31-21(16-2-1-3-19(12-16)32(36)37)20(23(34)24(31)35)22(33)15-6-10-18(28)11-7-15/h1-12,21,33H,13H2/b22-20-. The third-order valence-electron chi connectivity index (χ3n) is 5.84. The molecule has 0 bridgehead atoms. The number of nitro groups is 1. The molecule has 1 fully saturated rings. The Bertz CT molecular complexity index is 1630. The normalized spacial score (nSPS) is 16.6. The summed E-state index contributed by atoms with van der Waals surface area (Å²) in [5.41, 5.74) is 0.713. The van der Waals surface area contributed by atoms with E-state index in [0.717, 1.165) is 33.9 Å². The molecule has 2 heterocycles. The zero-order valence-electron chi connectivity index (χ0n) is 19.7. The second-order valence-electron chi connectivity index (χ2n) is 8.29. The van der Waals surface area contributed by atoms with Crippen LogP contribution in [0.15, 0.2) is 82.7 Å². The van der Waals surface area contributed by atoms with Crippen LogP contribution in [0.3, 0.4) is 0 Å². The average Bonchev–Trinajstić information content (AvgIpc) is 3.50. The molecule has 0 radical (unpaired) electrons.